The summed E-state index contributed by atoms with van der Waals surface area (Å²) >= 11 is 3.63. The Bertz CT molecular complexity index is 1030. The maximum absolute atomic E-state index is 14.1. The van der Waals surface area contributed by atoms with Crippen molar-refractivity contribution in [3.05, 3.63) is 40.2 Å². The second-order valence-electron chi connectivity index (χ2n) is 6.48. The third-order valence-corrected chi connectivity index (χ3v) is 5.63. The van der Waals surface area contributed by atoms with Crippen molar-refractivity contribution in [3.8, 4) is 17.3 Å². The highest BCUT2D eigenvalue weighted by atomic mass is 79.9. The molecule has 0 N–H and O–H groups in total. The minimum Gasteiger partial charge on any atom is -0.355 e. The van der Waals surface area contributed by atoms with Gasteiger partial charge < -0.3 is 4.90 Å². The van der Waals surface area contributed by atoms with Gasteiger partial charge in [0.25, 0.3) is 0 Å². The van der Waals surface area contributed by atoms with E-state index in [2.05, 4.69) is 25.9 Å². The van der Waals surface area contributed by atoms with Crippen molar-refractivity contribution in [2.45, 2.75) is 19.3 Å². The largest absolute Gasteiger partial charge is 0.355 e. The fraction of sp³-hybridized carbons (Fsp3) is 0.316. The number of piperidine rings is 1. The van der Waals surface area contributed by atoms with E-state index in [4.69, 9.17) is 10.2 Å². The number of benzene rings is 1. The highest BCUT2D eigenvalue weighted by Crippen LogP contribution is 2.38. The zero-order chi connectivity index (χ0) is 18.3. The van der Waals surface area contributed by atoms with Gasteiger partial charge in [-0.15, -0.1) is 0 Å². The summed E-state index contributed by atoms with van der Waals surface area (Å²) < 4.78 is 16.8. The van der Waals surface area contributed by atoms with Crippen molar-refractivity contribution >= 4 is 32.7 Å². The quantitative estimate of drug-likeness (QED) is 0.624. The van der Waals surface area contributed by atoms with Gasteiger partial charge in [-0.05, 0) is 47.3 Å². The lowest BCUT2D eigenvalue weighted by molar-refractivity contribution is 0.574. The van der Waals surface area contributed by atoms with Crippen molar-refractivity contribution in [3.63, 3.8) is 0 Å². The number of rotatable bonds is 2. The van der Waals surface area contributed by atoms with Crippen LogP contribution in [0.5, 0.6) is 0 Å². The van der Waals surface area contributed by atoms with Crippen LogP contribution in [0.15, 0.2) is 28.9 Å². The zero-order valence-electron chi connectivity index (χ0n) is 14.3. The van der Waals surface area contributed by atoms with Crippen LogP contribution < -0.4 is 4.90 Å². The van der Waals surface area contributed by atoms with Crippen LogP contribution in [0.25, 0.3) is 22.2 Å². The van der Waals surface area contributed by atoms with Crippen LogP contribution in [0.1, 0.15) is 24.8 Å². The van der Waals surface area contributed by atoms with Gasteiger partial charge in [0, 0.05) is 31.1 Å². The molecule has 3 heterocycles. The van der Waals surface area contributed by atoms with Crippen molar-refractivity contribution in [1.82, 2.24) is 14.8 Å². The summed E-state index contributed by atoms with van der Waals surface area (Å²) in [6.07, 6.45) is 5.31. The summed E-state index contributed by atoms with van der Waals surface area (Å²) in [7, 11) is 1.91. The molecule has 3 aromatic rings. The Morgan fingerprint density at radius 3 is 2.69 bits per heavy atom. The maximum Gasteiger partial charge on any atom is 0.155 e. The predicted octanol–water partition coefficient (Wildman–Crippen LogP) is 4.40. The fourth-order valence-corrected chi connectivity index (χ4v) is 4.08. The number of nitrogens with zero attached hydrogens (tertiary/aromatic N) is 5. The average Bonchev–Trinajstić information content (AvgIpc) is 3.05. The molecule has 1 aromatic carbocycles. The molecule has 7 heteroatoms. The normalized spacial score (nSPS) is 14.6. The Labute approximate surface area is 159 Å². The maximum atomic E-state index is 14.1. The highest BCUT2D eigenvalue weighted by Gasteiger charge is 2.22. The molecule has 0 atom stereocenters. The Morgan fingerprint density at radius 1 is 1.23 bits per heavy atom. The third kappa shape index (κ3) is 2.74. The van der Waals surface area contributed by atoms with Crippen LogP contribution in [0.4, 0.5) is 10.2 Å². The molecule has 0 spiro atoms. The lowest BCUT2D eigenvalue weighted by Gasteiger charge is -2.29. The number of aryl methyl sites for hydroxylation is 1. The highest BCUT2D eigenvalue weighted by molar-refractivity contribution is 9.10. The van der Waals surface area contributed by atoms with Gasteiger partial charge >= 0.3 is 0 Å². The summed E-state index contributed by atoms with van der Waals surface area (Å²) in [5.74, 6) is 0.340. The van der Waals surface area contributed by atoms with E-state index in [-0.39, 0.29) is 5.56 Å². The second kappa shape index (κ2) is 6.69. The molecule has 1 fully saturated rings. The minimum atomic E-state index is -0.537. The first-order valence-corrected chi connectivity index (χ1v) is 9.35. The molecule has 132 valence electrons. The molecule has 26 heavy (non-hydrogen) atoms. The van der Waals surface area contributed by atoms with E-state index >= 15 is 0 Å². The van der Waals surface area contributed by atoms with Gasteiger partial charge in [0.05, 0.1) is 21.9 Å². The van der Waals surface area contributed by atoms with Crippen molar-refractivity contribution in [2.75, 3.05) is 18.0 Å². The van der Waals surface area contributed by atoms with Crippen LogP contribution in [0.2, 0.25) is 0 Å². The fourth-order valence-electron chi connectivity index (χ4n) is 3.47. The number of hydrogen-bond donors (Lipinski definition) is 0. The molecule has 1 aliphatic rings. The van der Waals surface area contributed by atoms with Crippen LogP contribution in [-0.2, 0) is 7.05 Å². The number of hydrogen-bond acceptors (Lipinski definition) is 4. The number of pyridine rings is 1. The van der Waals surface area contributed by atoms with E-state index in [9.17, 15) is 4.39 Å². The summed E-state index contributed by atoms with van der Waals surface area (Å²) in [6.45, 7) is 1.91. The summed E-state index contributed by atoms with van der Waals surface area (Å²) in [5, 5.41) is 14.3. The summed E-state index contributed by atoms with van der Waals surface area (Å²) in [6, 6.07) is 6.45. The minimum absolute atomic E-state index is 0.0311. The van der Waals surface area contributed by atoms with Gasteiger partial charge in [-0.3, -0.25) is 4.68 Å². The average molecular weight is 414 g/mol. The van der Waals surface area contributed by atoms with Gasteiger partial charge in [0.2, 0.25) is 0 Å². The Balaban J connectivity index is 1.94. The number of aromatic nitrogens is 3. The van der Waals surface area contributed by atoms with Gasteiger partial charge in [0.1, 0.15) is 17.4 Å². The van der Waals surface area contributed by atoms with Gasteiger partial charge in [-0.1, -0.05) is 6.07 Å². The van der Waals surface area contributed by atoms with E-state index in [0.29, 0.717) is 11.3 Å². The van der Waals surface area contributed by atoms with Crippen LogP contribution in [0.3, 0.4) is 0 Å². The molecule has 5 nitrogen and oxygen atoms in total. The van der Waals surface area contributed by atoms with Crippen LogP contribution in [-0.4, -0.2) is 27.9 Å². The molecular formula is C19H17BrFN5. The standard InChI is InChI=1S/C19H17BrFN5/c1-25-18-14(11-23-25)16(20)17(12-5-6-13(10-22)15(21)9-12)24-19(18)26-7-3-2-4-8-26/h5-6,9,11H,2-4,7-8H2,1H3. The number of nitriles is 1. The molecule has 4 rings (SSSR count). The molecule has 0 radical (unpaired) electrons. The number of anilines is 1. The molecule has 0 saturated carbocycles. The van der Waals surface area contributed by atoms with E-state index in [1.807, 2.05) is 17.8 Å². The van der Waals surface area contributed by atoms with Crippen LogP contribution in [0, 0.1) is 17.1 Å². The van der Waals surface area contributed by atoms with Gasteiger partial charge in [-0.2, -0.15) is 10.4 Å². The zero-order valence-corrected chi connectivity index (χ0v) is 15.9. The summed E-state index contributed by atoms with van der Waals surface area (Å²) in [5.41, 5.74) is 2.30. The Hall–Kier alpha value is -2.46. The first-order valence-electron chi connectivity index (χ1n) is 8.56. The first kappa shape index (κ1) is 17.0. The number of fused-ring (bicyclic) bond motifs is 1. The Kier molecular flexibility index (Phi) is 4.37. The molecule has 0 unspecified atom stereocenters. The summed E-state index contributed by atoms with van der Waals surface area (Å²) in [4.78, 5) is 7.17. The van der Waals surface area contributed by atoms with E-state index < -0.39 is 5.82 Å². The SMILES string of the molecule is Cn1ncc2c(Br)c(-c3ccc(C#N)c(F)c3)nc(N3CCCCC3)c21. The van der Waals surface area contributed by atoms with E-state index in [1.165, 1.54) is 18.6 Å². The molecule has 1 aliphatic heterocycles. The molecule has 1 saturated heterocycles. The van der Waals surface area contributed by atoms with Gasteiger partial charge in [0.15, 0.2) is 5.82 Å². The lowest BCUT2D eigenvalue weighted by atomic mass is 10.1. The first-order chi connectivity index (χ1) is 12.6. The predicted molar refractivity (Wildman–Crippen MR) is 102 cm³/mol. The number of halogens is 2. The molecule has 0 amide bonds. The van der Waals surface area contributed by atoms with Gasteiger partial charge in [-0.25, -0.2) is 9.37 Å². The Morgan fingerprint density at radius 2 is 2.00 bits per heavy atom. The molecule has 0 aliphatic carbocycles. The van der Waals surface area contributed by atoms with E-state index in [1.54, 1.807) is 12.3 Å². The second-order valence-corrected chi connectivity index (χ2v) is 7.28. The molecule has 0 bridgehead atoms. The monoisotopic (exact) mass is 413 g/mol. The topological polar surface area (TPSA) is 57.7 Å². The lowest BCUT2D eigenvalue weighted by Crippen LogP contribution is -2.30. The van der Waals surface area contributed by atoms with Crippen molar-refractivity contribution in [2.24, 2.45) is 7.05 Å². The van der Waals surface area contributed by atoms with Crippen LogP contribution >= 0.6 is 15.9 Å². The smallest absolute Gasteiger partial charge is 0.155 e. The molecule has 2 aromatic heterocycles. The third-order valence-electron chi connectivity index (χ3n) is 4.83. The van der Waals surface area contributed by atoms with Crippen molar-refractivity contribution in [1.29, 1.82) is 5.26 Å². The van der Waals surface area contributed by atoms with Crippen molar-refractivity contribution < 1.29 is 4.39 Å². The molecular weight excluding hydrogens is 397 g/mol. The van der Waals surface area contributed by atoms with E-state index in [0.717, 1.165) is 47.1 Å².